The molecule has 0 unspecified atom stereocenters. The molecule has 1 aromatic carbocycles. The van der Waals surface area contributed by atoms with E-state index in [9.17, 15) is 9.59 Å². The van der Waals surface area contributed by atoms with Crippen LogP contribution in [0, 0.1) is 0 Å². The third kappa shape index (κ3) is 4.02. The number of hydrogen-bond acceptors (Lipinski definition) is 5. The number of benzene rings is 1. The summed E-state index contributed by atoms with van der Waals surface area (Å²) in [5, 5.41) is 8.99. The molecule has 2 aliphatic heterocycles. The maximum absolute atomic E-state index is 13.0. The molecule has 0 aliphatic carbocycles. The molecule has 1 fully saturated rings. The number of carboxylic acids is 1. The number of aliphatic carboxylic acids is 1. The molecule has 2 aliphatic rings. The zero-order valence-electron chi connectivity index (χ0n) is 13.3. The highest BCUT2D eigenvalue weighted by molar-refractivity contribution is 7.99. The minimum Gasteiger partial charge on any atom is -0.481 e. The lowest BCUT2D eigenvalue weighted by Crippen LogP contribution is -2.51. The van der Waals surface area contributed by atoms with Crippen molar-refractivity contribution in [3.05, 3.63) is 24.3 Å². The molecule has 2 heterocycles. The molecule has 7 heteroatoms. The average molecular weight is 351 g/mol. The van der Waals surface area contributed by atoms with E-state index < -0.39 is 12.1 Å². The van der Waals surface area contributed by atoms with Crippen molar-refractivity contribution in [2.45, 2.75) is 36.3 Å². The number of thioether (sulfide) groups is 1. The van der Waals surface area contributed by atoms with Gasteiger partial charge in [0.1, 0.15) is 5.75 Å². The number of nitrogens with zero attached hydrogens (tertiary/aromatic N) is 1. The summed E-state index contributed by atoms with van der Waals surface area (Å²) in [5.41, 5.74) is 0. The molecule has 0 bridgehead atoms. The number of fused-ring (bicyclic) bond motifs is 1. The molecule has 1 aromatic rings. The van der Waals surface area contributed by atoms with Crippen molar-refractivity contribution in [1.82, 2.24) is 4.90 Å². The Balaban J connectivity index is 1.71. The zero-order chi connectivity index (χ0) is 16.9. The van der Waals surface area contributed by atoms with E-state index in [0.717, 1.165) is 23.5 Å². The third-order valence-electron chi connectivity index (χ3n) is 4.27. The summed E-state index contributed by atoms with van der Waals surface area (Å²) in [4.78, 5) is 26.6. The SMILES string of the molecule is O=C(O)CCN(C(=O)[C@@H]1CSc2ccccc2O1)C1CCOCC1. The Kier molecular flexibility index (Phi) is 5.63. The largest absolute Gasteiger partial charge is 0.481 e. The van der Waals surface area contributed by atoms with Crippen LogP contribution in [0.4, 0.5) is 0 Å². The summed E-state index contributed by atoms with van der Waals surface area (Å²) >= 11 is 1.60. The van der Waals surface area contributed by atoms with Gasteiger partial charge < -0.3 is 19.5 Å². The fourth-order valence-corrected chi connectivity index (χ4v) is 3.99. The Hall–Kier alpha value is -1.73. The third-order valence-corrected chi connectivity index (χ3v) is 5.38. The highest BCUT2D eigenvalue weighted by Gasteiger charge is 2.34. The van der Waals surface area contributed by atoms with Gasteiger partial charge in [0.2, 0.25) is 0 Å². The van der Waals surface area contributed by atoms with E-state index in [1.54, 1.807) is 16.7 Å². The molecule has 1 N–H and O–H groups in total. The van der Waals surface area contributed by atoms with Crippen molar-refractivity contribution in [1.29, 1.82) is 0 Å². The van der Waals surface area contributed by atoms with E-state index in [1.165, 1.54) is 0 Å². The first kappa shape index (κ1) is 17.1. The molecular formula is C17H21NO5S. The Bertz CT molecular complexity index is 602. The molecule has 3 rings (SSSR count). The van der Waals surface area contributed by atoms with Gasteiger partial charge in [0, 0.05) is 36.4 Å². The zero-order valence-corrected chi connectivity index (χ0v) is 14.2. The minimum absolute atomic E-state index is 0.0244. The van der Waals surface area contributed by atoms with Gasteiger partial charge in [0.15, 0.2) is 6.10 Å². The van der Waals surface area contributed by atoms with Gasteiger partial charge in [-0.1, -0.05) is 12.1 Å². The summed E-state index contributed by atoms with van der Waals surface area (Å²) in [6, 6.07) is 7.68. The smallest absolute Gasteiger partial charge is 0.305 e. The summed E-state index contributed by atoms with van der Waals surface area (Å²) in [7, 11) is 0. The molecule has 0 saturated carbocycles. The normalized spacial score (nSPS) is 20.8. The van der Waals surface area contributed by atoms with E-state index >= 15 is 0 Å². The quantitative estimate of drug-likeness (QED) is 0.875. The van der Waals surface area contributed by atoms with E-state index in [-0.39, 0.29) is 24.9 Å². The van der Waals surface area contributed by atoms with E-state index in [4.69, 9.17) is 14.6 Å². The maximum atomic E-state index is 13.0. The average Bonchev–Trinajstić information content (AvgIpc) is 2.62. The molecule has 1 amide bonds. The van der Waals surface area contributed by atoms with Crippen LogP contribution in [0.5, 0.6) is 5.75 Å². The minimum atomic E-state index is -0.899. The predicted molar refractivity (Wildman–Crippen MR) is 89.4 cm³/mol. The molecule has 1 saturated heterocycles. The second-order valence-electron chi connectivity index (χ2n) is 5.88. The highest BCUT2D eigenvalue weighted by Crippen LogP contribution is 2.35. The highest BCUT2D eigenvalue weighted by atomic mass is 32.2. The standard InChI is InChI=1S/C17H21NO5S/c19-16(20)5-8-18(12-6-9-22-10-7-12)17(21)14-11-24-15-4-2-1-3-13(15)23-14/h1-4,12,14H,5-11H2,(H,19,20)/t14-/m0/s1. The first-order chi connectivity index (χ1) is 11.6. The van der Waals surface area contributed by atoms with Gasteiger partial charge >= 0.3 is 5.97 Å². The molecule has 6 nitrogen and oxygen atoms in total. The summed E-state index contributed by atoms with van der Waals surface area (Å²) in [5.74, 6) is 0.245. The fraction of sp³-hybridized carbons (Fsp3) is 0.529. The van der Waals surface area contributed by atoms with Gasteiger partial charge in [-0.05, 0) is 25.0 Å². The van der Waals surface area contributed by atoms with Crippen LogP contribution < -0.4 is 4.74 Å². The van der Waals surface area contributed by atoms with Crippen LogP contribution in [-0.4, -0.2) is 59.5 Å². The summed E-state index contributed by atoms with van der Waals surface area (Å²) < 4.78 is 11.2. The van der Waals surface area contributed by atoms with Gasteiger partial charge in [0.05, 0.1) is 6.42 Å². The van der Waals surface area contributed by atoms with Gasteiger partial charge in [-0.25, -0.2) is 0 Å². The summed E-state index contributed by atoms with van der Waals surface area (Å²) in [6.07, 6.45) is 0.852. The van der Waals surface area contributed by atoms with Crippen molar-refractivity contribution < 1.29 is 24.2 Å². The monoisotopic (exact) mass is 351 g/mol. The van der Waals surface area contributed by atoms with Crippen LogP contribution in [0.25, 0.3) is 0 Å². The Morgan fingerprint density at radius 1 is 1.25 bits per heavy atom. The van der Waals surface area contributed by atoms with E-state index in [0.29, 0.717) is 19.0 Å². The lowest BCUT2D eigenvalue weighted by Gasteiger charge is -2.37. The Labute approximate surface area is 145 Å². The molecule has 0 aromatic heterocycles. The van der Waals surface area contributed by atoms with E-state index in [2.05, 4.69) is 0 Å². The Morgan fingerprint density at radius 2 is 2.00 bits per heavy atom. The number of ether oxygens (including phenoxy) is 2. The predicted octanol–water partition coefficient (Wildman–Crippen LogP) is 2.02. The molecule has 0 spiro atoms. The lowest BCUT2D eigenvalue weighted by atomic mass is 10.1. The van der Waals surface area contributed by atoms with Crippen molar-refractivity contribution in [3.63, 3.8) is 0 Å². The van der Waals surface area contributed by atoms with Crippen LogP contribution in [0.1, 0.15) is 19.3 Å². The molecule has 24 heavy (non-hydrogen) atoms. The maximum Gasteiger partial charge on any atom is 0.305 e. The van der Waals surface area contributed by atoms with Crippen molar-refractivity contribution >= 4 is 23.6 Å². The number of carbonyl (C=O) groups excluding carboxylic acids is 1. The van der Waals surface area contributed by atoms with Gasteiger partial charge in [-0.3, -0.25) is 9.59 Å². The molecule has 130 valence electrons. The lowest BCUT2D eigenvalue weighted by molar-refractivity contribution is -0.144. The number of carbonyl (C=O) groups is 2. The second kappa shape index (κ2) is 7.90. The number of para-hydroxylation sites is 1. The van der Waals surface area contributed by atoms with Gasteiger partial charge in [0.25, 0.3) is 5.91 Å². The van der Waals surface area contributed by atoms with Crippen molar-refractivity contribution in [2.24, 2.45) is 0 Å². The van der Waals surface area contributed by atoms with Crippen molar-refractivity contribution in [2.75, 3.05) is 25.5 Å². The fourth-order valence-electron chi connectivity index (χ4n) is 3.01. The van der Waals surface area contributed by atoms with Crippen LogP contribution >= 0.6 is 11.8 Å². The van der Waals surface area contributed by atoms with Gasteiger partial charge in [-0.2, -0.15) is 0 Å². The number of carboxylic acid groups (broad SMARTS) is 1. The van der Waals surface area contributed by atoms with Gasteiger partial charge in [-0.15, -0.1) is 11.8 Å². The van der Waals surface area contributed by atoms with E-state index in [1.807, 2.05) is 24.3 Å². The number of hydrogen-bond donors (Lipinski definition) is 1. The van der Waals surface area contributed by atoms with Crippen molar-refractivity contribution in [3.8, 4) is 5.75 Å². The number of amides is 1. The topological polar surface area (TPSA) is 76.1 Å². The molecular weight excluding hydrogens is 330 g/mol. The van der Waals surface area contributed by atoms with Crippen LogP contribution in [0.3, 0.4) is 0 Å². The summed E-state index contributed by atoms with van der Waals surface area (Å²) in [6.45, 7) is 1.42. The molecule has 1 atom stereocenters. The van der Waals surface area contributed by atoms with Crippen LogP contribution in [-0.2, 0) is 14.3 Å². The first-order valence-corrected chi connectivity index (χ1v) is 9.12. The molecule has 0 radical (unpaired) electrons. The number of rotatable bonds is 5. The Morgan fingerprint density at radius 3 is 2.75 bits per heavy atom. The first-order valence-electron chi connectivity index (χ1n) is 8.13. The van der Waals surface area contributed by atoms with Crippen LogP contribution in [0.15, 0.2) is 29.2 Å². The second-order valence-corrected chi connectivity index (χ2v) is 6.94. The van der Waals surface area contributed by atoms with Crippen LogP contribution in [0.2, 0.25) is 0 Å².